The molecule has 2 aromatic heterocycles. The summed E-state index contributed by atoms with van der Waals surface area (Å²) < 4.78 is 5.53. The third-order valence-electron chi connectivity index (χ3n) is 2.84. The Bertz CT molecular complexity index is 733. The lowest BCUT2D eigenvalue weighted by Crippen LogP contribution is -2.02. The maximum Gasteiger partial charge on any atom is 0.277 e. The van der Waals surface area contributed by atoms with Crippen molar-refractivity contribution in [3.63, 3.8) is 0 Å². The molecule has 2 heterocycles. The van der Waals surface area contributed by atoms with Crippen molar-refractivity contribution in [2.75, 3.05) is 5.75 Å². The Labute approximate surface area is 130 Å². The summed E-state index contributed by atoms with van der Waals surface area (Å²) in [6.07, 6.45) is 0. The molecule has 0 N–H and O–H groups in total. The number of Topliss-reactive ketones (excluding diaryl/α,β-unsaturated/α-hetero) is 1. The second kappa shape index (κ2) is 6.24. The van der Waals surface area contributed by atoms with Crippen LogP contribution >= 0.6 is 23.1 Å². The first-order chi connectivity index (χ1) is 10.2. The average molecular weight is 316 g/mol. The van der Waals surface area contributed by atoms with Gasteiger partial charge in [-0.05, 0) is 18.4 Å². The summed E-state index contributed by atoms with van der Waals surface area (Å²) in [5, 5.41) is 10.3. The van der Waals surface area contributed by atoms with Crippen molar-refractivity contribution in [2.24, 2.45) is 0 Å². The van der Waals surface area contributed by atoms with Crippen LogP contribution < -0.4 is 0 Å². The Morgan fingerprint density at radius 1 is 1.24 bits per heavy atom. The zero-order valence-corrected chi connectivity index (χ0v) is 12.9. The minimum absolute atomic E-state index is 0.0517. The van der Waals surface area contributed by atoms with E-state index in [1.54, 1.807) is 0 Å². The number of ketones is 1. The average Bonchev–Trinajstić information content (AvgIpc) is 3.16. The predicted molar refractivity (Wildman–Crippen MR) is 83.8 cm³/mol. The third-order valence-corrected chi connectivity index (χ3v) is 4.52. The quantitative estimate of drug-likeness (QED) is 0.524. The van der Waals surface area contributed by atoms with Crippen LogP contribution in [0, 0.1) is 6.92 Å². The van der Waals surface area contributed by atoms with Crippen LogP contribution in [-0.4, -0.2) is 21.7 Å². The Hall–Kier alpha value is -1.92. The molecular formula is C15H12N2O2S2. The predicted octanol–water partition coefficient (Wildman–Crippen LogP) is 4.08. The number of hydrogen-bond donors (Lipinski definition) is 0. The van der Waals surface area contributed by atoms with Crippen molar-refractivity contribution in [1.82, 2.24) is 10.2 Å². The van der Waals surface area contributed by atoms with E-state index in [9.17, 15) is 4.79 Å². The number of carbonyl (C=O) groups is 1. The van der Waals surface area contributed by atoms with Gasteiger partial charge in [0.15, 0.2) is 5.78 Å². The lowest BCUT2D eigenvalue weighted by molar-refractivity contribution is 0.102. The summed E-state index contributed by atoms with van der Waals surface area (Å²) >= 11 is 2.80. The summed E-state index contributed by atoms with van der Waals surface area (Å²) in [7, 11) is 0. The number of aromatic nitrogens is 2. The molecule has 0 saturated heterocycles. The van der Waals surface area contributed by atoms with Crippen LogP contribution in [0.5, 0.6) is 0 Å². The highest BCUT2D eigenvalue weighted by molar-refractivity contribution is 7.99. The molecule has 0 aliphatic rings. The Balaban J connectivity index is 1.62. The number of thiophene rings is 1. The van der Waals surface area contributed by atoms with Gasteiger partial charge in [0.1, 0.15) is 0 Å². The standard InChI is InChI=1S/C15H12N2O2S2/c1-10-4-6-11(7-5-10)12(18)9-21-15-17-16-14(19-15)13-3-2-8-20-13/h2-8H,9H2,1H3. The van der Waals surface area contributed by atoms with Crippen LogP contribution in [0.15, 0.2) is 51.4 Å². The van der Waals surface area contributed by atoms with Gasteiger partial charge in [0.2, 0.25) is 0 Å². The van der Waals surface area contributed by atoms with Gasteiger partial charge >= 0.3 is 0 Å². The van der Waals surface area contributed by atoms with Gasteiger partial charge in [-0.3, -0.25) is 4.79 Å². The number of thioether (sulfide) groups is 1. The second-order valence-corrected chi connectivity index (χ2v) is 6.30. The summed E-state index contributed by atoms with van der Waals surface area (Å²) in [6, 6.07) is 11.4. The van der Waals surface area contributed by atoms with Crippen molar-refractivity contribution in [2.45, 2.75) is 12.1 Å². The third kappa shape index (κ3) is 3.40. The molecule has 1 aromatic carbocycles. The SMILES string of the molecule is Cc1ccc(C(=O)CSc2nnc(-c3cccs3)o2)cc1. The van der Waals surface area contributed by atoms with Gasteiger partial charge in [-0.2, -0.15) is 0 Å². The van der Waals surface area contributed by atoms with E-state index < -0.39 is 0 Å². The highest BCUT2D eigenvalue weighted by atomic mass is 32.2. The summed E-state index contributed by atoms with van der Waals surface area (Å²) in [5.41, 5.74) is 1.84. The maximum absolute atomic E-state index is 12.1. The summed E-state index contributed by atoms with van der Waals surface area (Å²) in [5.74, 6) is 0.834. The zero-order chi connectivity index (χ0) is 14.7. The molecule has 3 aromatic rings. The van der Waals surface area contributed by atoms with Crippen molar-refractivity contribution in [3.05, 3.63) is 52.9 Å². The molecule has 6 heteroatoms. The van der Waals surface area contributed by atoms with Crippen LogP contribution in [0.4, 0.5) is 0 Å². The molecule has 0 saturated carbocycles. The van der Waals surface area contributed by atoms with Gasteiger partial charge in [0.25, 0.3) is 11.1 Å². The molecule has 0 radical (unpaired) electrons. The van der Waals surface area contributed by atoms with Gasteiger partial charge < -0.3 is 4.42 Å². The summed E-state index contributed by atoms with van der Waals surface area (Å²) in [6.45, 7) is 1.99. The highest BCUT2D eigenvalue weighted by Crippen LogP contribution is 2.26. The van der Waals surface area contributed by atoms with Crippen molar-refractivity contribution < 1.29 is 9.21 Å². The van der Waals surface area contributed by atoms with E-state index in [-0.39, 0.29) is 11.5 Å². The lowest BCUT2D eigenvalue weighted by Gasteiger charge is -1.99. The van der Waals surface area contributed by atoms with Gasteiger partial charge in [0, 0.05) is 5.56 Å². The maximum atomic E-state index is 12.1. The number of nitrogens with zero attached hydrogens (tertiary/aromatic N) is 2. The monoisotopic (exact) mass is 316 g/mol. The highest BCUT2D eigenvalue weighted by Gasteiger charge is 2.12. The Morgan fingerprint density at radius 2 is 2.05 bits per heavy atom. The largest absolute Gasteiger partial charge is 0.410 e. The van der Waals surface area contributed by atoms with Crippen LogP contribution in [0.2, 0.25) is 0 Å². The molecule has 0 fully saturated rings. The van der Waals surface area contributed by atoms with Crippen LogP contribution in [0.1, 0.15) is 15.9 Å². The molecule has 21 heavy (non-hydrogen) atoms. The smallest absolute Gasteiger partial charge is 0.277 e. The number of carbonyl (C=O) groups excluding carboxylic acids is 1. The molecule has 0 spiro atoms. The molecule has 106 valence electrons. The fourth-order valence-electron chi connectivity index (χ4n) is 1.72. The van der Waals surface area contributed by atoms with Crippen LogP contribution in [-0.2, 0) is 0 Å². The molecule has 0 bridgehead atoms. The van der Waals surface area contributed by atoms with Gasteiger partial charge in [-0.1, -0.05) is 47.7 Å². The molecule has 0 aliphatic carbocycles. The van der Waals surface area contributed by atoms with Gasteiger partial charge in [-0.25, -0.2) is 0 Å². The van der Waals surface area contributed by atoms with Gasteiger partial charge in [-0.15, -0.1) is 21.5 Å². The fourth-order valence-corrected chi connectivity index (χ4v) is 3.02. The summed E-state index contributed by atoms with van der Waals surface area (Å²) in [4.78, 5) is 13.0. The molecule has 0 atom stereocenters. The first-order valence-corrected chi connectivity index (χ1v) is 8.19. The number of benzene rings is 1. The van der Waals surface area contributed by atoms with Crippen molar-refractivity contribution in [1.29, 1.82) is 0 Å². The number of rotatable bonds is 5. The number of hydrogen-bond acceptors (Lipinski definition) is 6. The van der Waals surface area contributed by atoms with E-state index >= 15 is 0 Å². The molecule has 0 amide bonds. The van der Waals surface area contributed by atoms with E-state index in [2.05, 4.69) is 10.2 Å². The topological polar surface area (TPSA) is 56.0 Å². The van der Waals surface area contributed by atoms with Crippen LogP contribution in [0.3, 0.4) is 0 Å². The minimum Gasteiger partial charge on any atom is -0.410 e. The Kier molecular flexibility index (Phi) is 4.17. The van der Waals surface area contributed by atoms with E-state index in [1.165, 1.54) is 23.1 Å². The molecule has 4 nitrogen and oxygen atoms in total. The van der Waals surface area contributed by atoms with E-state index in [0.29, 0.717) is 16.7 Å². The first-order valence-electron chi connectivity index (χ1n) is 6.32. The van der Waals surface area contributed by atoms with E-state index in [0.717, 1.165) is 10.4 Å². The fraction of sp³-hybridized carbons (Fsp3) is 0.133. The van der Waals surface area contributed by atoms with Crippen molar-refractivity contribution in [3.8, 4) is 10.8 Å². The van der Waals surface area contributed by atoms with Crippen molar-refractivity contribution >= 4 is 28.9 Å². The zero-order valence-electron chi connectivity index (χ0n) is 11.3. The van der Waals surface area contributed by atoms with Gasteiger partial charge in [0.05, 0.1) is 10.6 Å². The van der Waals surface area contributed by atoms with E-state index in [1.807, 2.05) is 48.7 Å². The normalized spacial score (nSPS) is 10.7. The minimum atomic E-state index is 0.0517. The lowest BCUT2D eigenvalue weighted by atomic mass is 10.1. The Morgan fingerprint density at radius 3 is 2.76 bits per heavy atom. The number of aryl methyl sites for hydroxylation is 1. The first kappa shape index (κ1) is 14.0. The molecule has 3 rings (SSSR count). The molecular weight excluding hydrogens is 304 g/mol. The molecule has 0 unspecified atom stereocenters. The molecule has 0 aliphatic heterocycles. The van der Waals surface area contributed by atoms with Crippen LogP contribution in [0.25, 0.3) is 10.8 Å². The second-order valence-electron chi connectivity index (χ2n) is 4.43. The van der Waals surface area contributed by atoms with E-state index in [4.69, 9.17) is 4.42 Å².